The van der Waals surface area contributed by atoms with Gasteiger partial charge in [-0.1, -0.05) is 39.5 Å². The fourth-order valence-electron chi connectivity index (χ4n) is 2.07. The van der Waals surface area contributed by atoms with Crippen molar-refractivity contribution >= 4 is 6.47 Å². The first-order valence-electron chi connectivity index (χ1n) is 6.66. The predicted octanol–water partition coefficient (Wildman–Crippen LogP) is 3.88. The molecule has 17 heavy (non-hydrogen) atoms. The molecule has 97 valence electrons. The zero-order valence-electron chi connectivity index (χ0n) is 11.1. The molecule has 0 aliphatic rings. The van der Waals surface area contributed by atoms with Crippen LogP contribution in [0.3, 0.4) is 0 Å². The second-order valence-electron chi connectivity index (χ2n) is 4.62. The van der Waals surface area contributed by atoms with Gasteiger partial charge in [-0.15, -0.1) is 0 Å². The van der Waals surface area contributed by atoms with Crippen LogP contribution in [0.25, 0.3) is 0 Å². The van der Waals surface area contributed by atoms with E-state index in [2.05, 4.69) is 19.9 Å². The first-order valence-corrected chi connectivity index (χ1v) is 6.66. The maximum atomic E-state index is 10.5. The number of nitrogens with zero attached hydrogens (tertiary/aromatic N) is 1. The van der Waals surface area contributed by atoms with Gasteiger partial charge in [0.2, 0.25) is 0 Å². The second-order valence-corrected chi connectivity index (χ2v) is 4.62. The van der Waals surface area contributed by atoms with Crippen LogP contribution in [0.5, 0.6) is 0 Å². The third kappa shape index (κ3) is 6.99. The summed E-state index contributed by atoms with van der Waals surface area (Å²) in [5, 5.41) is 8.88. The third-order valence-corrected chi connectivity index (χ3v) is 3.13. The van der Waals surface area contributed by atoms with Crippen molar-refractivity contribution in [2.75, 3.05) is 0 Å². The van der Waals surface area contributed by atoms with E-state index in [4.69, 9.17) is 10.00 Å². The molecule has 0 unspecified atom stereocenters. The Labute approximate surface area is 105 Å². The van der Waals surface area contributed by atoms with Crippen LogP contribution in [-0.2, 0) is 9.53 Å². The monoisotopic (exact) mass is 238 g/mol. The number of nitriles is 1. The van der Waals surface area contributed by atoms with Crippen molar-refractivity contribution < 1.29 is 9.53 Å². The minimum Gasteiger partial charge on any atom is -0.450 e. The predicted molar refractivity (Wildman–Crippen MR) is 68.0 cm³/mol. The number of rotatable bonds is 11. The molecule has 1 radical (unpaired) electrons. The summed E-state index contributed by atoms with van der Waals surface area (Å²) in [7, 11) is 0. The highest BCUT2D eigenvalue weighted by Crippen LogP contribution is 2.29. The maximum Gasteiger partial charge on any atom is 0.418 e. The van der Waals surface area contributed by atoms with E-state index in [1.807, 2.05) is 0 Å². The third-order valence-electron chi connectivity index (χ3n) is 3.13. The van der Waals surface area contributed by atoms with Gasteiger partial charge < -0.3 is 4.74 Å². The summed E-state index contributed by atoms with van der Waals surface area (Å²) in [4.78, 5) is 10.5. The fourth-order valence-corrected chi connectivity index (χ4v) is 2.07. The van der Waals surface area contributed by atoms with Gasteiger partial charge >= 0.3 is 6.47 Å². The Morgan fingerprint density at radius 1 is 1.06 bits per heavy atom. The minimum atomic E-state index is -0.582. The standard InChI is InChI=1S/C14H24NO2/c1-3-5-7-9-14(11-12-15,17-13-16)10-8-6-4-2/h3-11H2,1-2H3. The van der Waals surface area contributed by atoms with Gasteiger partial charge in [-0.2, -0.15) is 5.26 Å². The van der Waals surface area contributed by atoms with Crippen LogP contribution in [0.2, 0.25) is 0 Å². The van der Waals surface area contributed by atoms with E-state index in [0.717, 1.165) is 51.4 Å². The Balaban J connectivity index is 4.37. The van der Waals surface area contributed by atoms with E-state index in [1.54, 1.807) is 6.47 Å². The number of hydrogen-bond donors (Lipinski definition) is 0. The van der Waals surface area contributed by atoms with Crippen LogP contribution in [-0.4, -0.2) is 12.1 Å². The zero-order valence-corrected chi connectivity index (χ0v) is 11.1. The largest absolute Gasteiger partial charge is 0.450 e. The quantitative estimate of drug-likeness (QED) is 0.513. The second kappa shape index (κ2) is 10.1. The molecule has 0 saturated carbocycles. The normalized spacial score (nSPS) is 10.9. The van der Waals surface area contributed by atoms with Gasteiger partial charge in [-0.3, -0.25) is 0 Å². The van der Waals surface area contributed by atoms with Gasteiger partial charge in [0.25, 0.3) is 0 Å². The molecule has 0 aliphatic carbocycles. The summed E-state index contributed by atoms with van der Waals surface area (Å²) >= 11 is 0. The molecule has 0 aliphatic heterocycles. The molecule has 0 rings (SSSR count). The molecule has 0 aromatic heterocycles. The van der Waals surface area contributed by atoms with Gasteiger partial charge in [-0.25, -0.2) is 4.79 Å². The van der Waals surface area contributed by atoms with Gasteiger partial charge in [0, 0.05) is 0 Å². The maximum absolute atomic E-state index is 10.5. The average molecular weight is 238 g/mol. The molecule has 3 heteroatoms. The van der Waals surface area contributed by atoms with E-state index in [9.17, 15) is 4.79 Å². The summed E-state index contributed by atoms with van der Waals surface area (Å²) < 4.78 is 5.14. The number of ether oxygens (including phenoxy) is 1. The number of unbranched alkanes of at least 4 members (excludes halogenated alkanes) is 4. The van der Waals surface area contributed by atoms with Crippen molar-refractivity contribution in [3.05, 3.63) is 0 Å². The smallest absolute Gasteiger partial charge is 0.418 e. The lowest BCUT2D eigenvalue weighted by Crippen LogP contribution is -2.32. The topological polar surface area (TPSA) is 50.1 Å². The Kier molecular flexibility index (Phi) is 9.52. The van der Waals surface area contributed by atoms with Gasteiger partial charge in [-0.05, 0) is 25.7 Å². The average Bonchev–Trinajstić information content (AvgIpc) is 2.30. The van der Waals surface area contributed by atoms with Crippen molar-refractivity contribution in [3.63, 3.8) is 0 Å². The van der Waals surface area contributed by atoms with Crippen molar-refractivity contribution in [2.45, 2.75) is 77.2 Å². The van der Waals surface area contributed by atoms with E-state index in [-0.39, 0.29) is 6.42 Å². The van der Waals surface area contributed by atoms with E-state index in [1.165, 1.54) is 0 Å². The summed E-state index contributed by atoms with van der Waals surface area (Å²) in [5.74, 6) is 0. The van der Waals surface area contributed by atoms with Gasteiger partial charge in [0.15, 0.2) is 0 Å². The van der Waals surface area contributed by atoms with Crippen LogP contribution < -0.4 is 0 Å². The number of hydrogen-bond acceptors (Lipinski definition) is 3. The van der Waals surface area contributed by atoms with Gasteiger partial charge in [0.1, 0.15) is 5.60 Å². The Hall–Kier alpha value is -1.04. The molecule has 0 saturated heterocycles. The lowest BCUT2D eigenvalue weighted by Gasteiger charge is -2.29. The Morgan fingerprint density at radius 3 is 1.94 bits per heavy atom. The molecule has 0 N–H and O–H groups in total. The van der Waals surface area contributed by atoms with E-state index < -0.39 is 5.60 Å². The lowest BCUT2D eigenvalue weighted by molar-refractivity contribution is 0.0331. The molecule has 3 nitrogen and oxygen atoms in total. The van der Waals surface area contributed by atoms with Crippen LogP contribution in [0.4, 0.5) is 0 Å². The van der Waals surface area contributed by atoms with Crippen molar-refractivity contribution in [3.8, 4) is 6.07 Å². The number of carbonyl (C=O) groups excluding carboxylic acids is 1. The van der Waals surface area contributed by atoms with Crippen LogP contribution in [0.15, 0.2) is 0 Å². The molecule has 0 aromatic rings. The summed E-state index contributed by atoms with van der Waals surface area (Å²) in [6, 6.07) is 2.14. The van der Waals surface area contributed by atoms with Crippen molar-refractivity contribution in [1.82, 2.24) is 0 Å². The Morgan fingerprint density at radius 2 is 1.59 bits per heavy atom. The summed E-state index contributed by atoms with van der Waals surface area (Å²) in [6.45, 7) is 5.82. The zero-order chi connectivity index (χ0) is 13.0. The van der Waals surface area contributed by atoms with Crippen LogP contribution >= 0.6 is 0 Å². The van der Waals surface area contributed by atoms with Crippen LogP contribution in [0, 0.1) is 11.3 Å². The highest BCUT2D eigenvalue weighted by atomic mass is 16.5. The molecular weight excluding hydrogens is 214 g/mol. The summed E-state index contributed by atoms with van der Waals surface area (Å²) in [5.41, 5.74) is -0.582. The van der Waals surface area contributed by atoms with Crippen molar-refractivity contribution in [1.29, 1.82) is 5.26 Å². The summed E-state index contributed by atoms with van der Waals surface area (Å²) in [6.07, 6.45) is 8.35. The van der Waals surface area contributed by atoms with E-state index >= 15 is 0 Å². The molecular formula is C14H24NO2. The van der Waals surface area contributed by atoms with Crippen LogP contribution in [0.1, 0.15) is 71.6 Å². The SMILES string of the molecule is CCCCCC(CC#N)(CCCCC)O[C]=O. The molecule has 0 amide bonds. The molecule has 0 bridgehead atoms. The lowest BCUT2D eigenvalue weighted by atomic mass is 9.87. The highest BCUT2D eigenvalue weighted by molar-refractivity contribution is 5.39. The minimum absolute atomic E-state index is 0.287. The first-order chi connectivity index (χ1) is 8.24. The van der Waals surface area contributed by atoms with Crippen molar-refractivity contribution in [2.24, 2.45) is 0 Å². The molecule has 0 spiro atoms. The van der Waals surface area contributed by atoms with E-state index in [0.29, 0.717) is 0 Å². The molecule has 0 atom stereocenters. The highest BCUT2D eigenvalue weighted by Gasteiger charge is 2.31. The Bertz CT molecular complexity index is 223. The molecule has 0 heterocycles. The first kappa shape index (κ1) is 16.0. The fraction of sp³-hybridized carbons (Fsp3) is 0.857. The molecule has 0 fully saturated rings. The molecule has 0 aromatic carbocycles. The van der Waals surface area contributed by atoms with Gasteiger partial charge in [0.05, 0.1) is 12.5 Å².